The lowest BCUT2D eigenvalue weighted by Crippen LogP contribution is -2.34. The predicted molar refractivity (Wildman–Crippen MR) is 141 cm³/mol. The SMILES string of the molecule is Cc1cnc2nc1Nc1ccc(NC(=O)NCCC3CCCN3C)c(c1)CCc1cccc(c1)N2. The molecular formula is C27H33N7O. The fraction of sp³-hybridized carbons (Fsp3) is 0.370. The quantitative estimate of drug-likeness (QED) is 0.429. The molecule has 5 rings (SSSR count). The van der Waals surface area contributed by atoms with Crippen molar-refractivity contribution in [3.05, 3.63) is 65.4 Å². The van der Waals surface area contributed by atoms with Crippen molar-refractivity contribution in [3.63, 3.8) is 0 Å². The molecule has 1 fully saturated rings. The highest BCUT2D eigenvalue weighted by Crippen LogP contribution is 2.27. The number of rotatable bonds is 4. The number of aromatic nitrogens is 2. The number of likely N-dealkylation sites (tertiary alicyclic amines) is 1. The molecule has 0 radical (unpaired) electrons. The van der Waals surface area contributed by atoms with Gasteiger partial charge in [0.2, 0.25) is 5.95 Å². The molecule has 4 N–H and O–H groups in total. The van der Waals surface area contributed by atoms with Crippen molar-refractivity contribution in [2.75, 3.05) is 36.1 Å². The number of benzene rings is 2. The molecule has 6 bridgehead atoms. The van der Waals surface area contributed by atoms with Gasteiger partial charge in [-0.3, -0.25) is 0 Å². The molecule has 0 saturated carbocycles. The Balaban J connectivity index is 1.35. The van der Waals surface area contributed by atoms with E-state index in [1.54, 1.807) is 0 Å². The monoisotopic (exact) mass is 471 g/mol. The van der Waals surface area contributed by atoms with Gasteiger partial charge in [0.1, 0.15) is 5.82 Å². The Hall–Kier alpha value is -3.65. The number of amides is 2. The number of fused-ring (bicyclic) bond motifs is 6. The summed E-state index contributed by atoms with van der Waals surface area (Å²) in [6, 6.07) is 14.7. The predicted octanol–water partition coefficient (Wildman–Crippen LogP) is 4.98. The minimum Gasteiger partial charge on any atom is -0.340 e. The number of hydrogen-bond acceptors (Lipinski definition) is 6. The van der Waals surface area contributed by atoms with E-state index in [-0.39, 0.29) is 6.03 Å². The number of hydrogen-bond donors (Lipinski definition) is 4. The minimum absolute atomic E-state index is 0.159. The molecule has 1 saturated heterocycles. The van der Waals surface area contributed by atoms with Crippen molar-refractivity contribution >= 4 is 34.9 Å². The zero-order valence-electron chi connectivity index (χ0n) is 20.4. The summed E-state index contributed by atoms with van der Waals surface area (Å²) in [7, 11) is 2.16. The first-order valence-electron chi connectivity index (χ1n) is 12.4. The maximum atomic E-state index is 12.7. The lowest BCUT2D eigenvalue weighted by Gasteiger charge is -2.19. The first-order valence-corrected chi connectivity index (χ1v) is 12.4. The van der Waals surface area contributed by atoms with Gasteiger partial charge in [0.15, 0.2) is 0 Å². The van der Waals surface area contributed by atoms with E-state index < -0.39 is 0 Å². The molecule has 3 heterocycles. The van der Waals surface area contributed by atoms with Crippen LogP contribution in [-0.2, 0) is 12.8 Å². The first kappa shape index (κ1) is 23.1. The third-order valence-corrected chi connectivity index (χ3v) is 6.89. The molecule has 1 unspecified atom stereocenters. The molecule has 1 atom stereocenters. The van der Waals surface area contributed by atoms with Crippen LogP contribution in [0.3, 0.4) is 0 Å². The Bertz CT molecular complexity index is 1210. The molecule has 2 amide bonds. The summed E-state index contributed by atoms with van der Waals surface area (Å²) in [5.41, 5.74) is 5.94. The number of urea groups is 1. The van der Waals surface area contributed by atoms with Gasteiger partial charge in [0.25, 0.3) is 0 Å². The summed E-state index contributed by atoms with van der Waals surface area (Å²) in [6.45, 7) is 3.80. The van der Waals surface area contributed by atoms with Crippen LogP contribution in [0.15, 0.2) is 48.7 Å². The van der Waals surface area contributed by atoms with Crippen LogP contribution in [0.1, 0.15) is 36.0 Å². The number of aryl methyl sites for hydroxylation is 3. The molecule has 3 aromatic rings. The largest absolute Gasteiger partial charge is 0.340 e. The van der Waals surface area contributed by atoms with Crippen LogP contribution < -0.4 is 21.3 Å². The van der Waals surface area contributed by atoms with Crippen LogP contribution in [0.4, 0.5) is 33.6 Å². The highest BCUT2D eigenvalue weighted by atomic mass is 16.2. The number of anilines is 5. The van der Waals surface area contributed by atoms with Crippen molar-refractivity contribution in [1.82, 2.24) is 20.2 Å². The van der Waals surface area contributed by atoms with E-state index in [0.29, 0.717) is 18.5 Å². The Labute approximate surface area is 206 Å². The van der Waals surface area contributed by atoms with Crippen molar-refractivity contribution in [3.8, 4) is 0 Å². The molecule has 1 aromatic heterocycles. The third-order valence-electron chi connectivity index (χ3n) is 6.89. The van der Waals surface area contributed by atoms with Gasteiger partial charge >= 0.3 is 6.03 Å². The summed E-state index contributed by atoms with van der Waals surface area (Å²) >= 11 is 0. The number of carbonyl (C=O) groups excluding carboxylic acids is 1. The third kappa shape index (κ3) is 5.71. The number of nitrogens with zero attached hydrogens (tertiary/aromatic N) is 3. The average Bonchev–Trinajstić information content (AvgIpc) is 3.25. The van der Waals surface area contributed by atoms with Gasteiger partial charge in [-0.1, -0.05) is 12.1 Å². The molecule has 8 nitrogen and oxygen atoms in total. The molecule has 8 heteroatoms. The Morgan fingerprint density at radius 3 is 2.89 bits per heavy atom. The highest BCUT2D eigenvalue weighted by molar-refractivity contribution is 5.90. The second-order valence-corrected chi connectivity index (χ2v) is 9.49. The smallest absolute Gasteiger partial charge is 0.319 e. The molecule has 2 aliphatic heterocycles. The van der Waals surface area contributed by atoms with E-state index in [0.717, 1.165) is 59.8 Å². The Kier molecular flexibility index (Phi) is 6.81. The van der Waals surface area contributed by atoms with Crippen molar-refractivity contribution in [2.24, 2.45) is 0 Å². The van der Waals surface area contributed by atoms with Crippen LogP contribution in [0.5, 0.6) is 0 Å². The maximum absolute atomic E-state index is 12.7. The average molecular weight is 472 g/mol. The van der Waals surface area contributed by atoms with Crippen molar-refractivity contribution in [1.29, 1.82) is 0 Å². The maximum Gasteiger partial charge on any atom is 0.319 e. The molecular weight excluding hydrogens is 438 g/mol. The molecule has 35 heavy (non-hydrogen) atoms. The molecule has 0 spiro atoms. The van der Waals surface area contributed by atoms with Crippen LogP contribution >= 0.6 is 0 Å². The van der Waals surface area contributed by atoms with E-state index in [4.69, 9.17) is 0 Å². The summed E-state index contributed by atoms with van der Waals surface area (Å²) in [5, 5.41) is 12.8. The summed E-state index contributed by atoms with van der Waals surface area (Å²) in [6.07, 6.45) is 6.88. The number of nitrogens with one attached hydrogen (secondary N) is 4. The van der Waals surface area contributed by atoms with Gasteiger partial charge in [-0.15, -0.1) is 0 Å². The van der Waals surface area contributed by atoms with E-state index in [2.05, 4.69) is 61.4 Å². The van der Waals surface area contributed by atoms with Gasteiger partial charge in [0.05, 0.1) is 0 Å². The van der Waals surface area contributed by atoms with Crippen molar-refractivity contribution < 1.29 is 4.79 Å². The lowest BCUT2D eigenvalue weighted by atomic mass is 10.0. The summed E-state index contributed by atoms with van der Waals surface area (Å²) in [5.74, 6) is 1.30. The zero-order valence-corrected chi connectivity index (χ0v) is 20.4. The molecule has 182 valence electrons. The van der Waals surface area contributed by atoms with E-state index in [9.17, 15) is 4.79 Å². The normalized spacial score (nSPS) is 17.3. The van der Waals surface area contributed by atoms with E-state index >= 15 is 0 Å². The van der Waals surface area contributed by atoms with Gasteiger partial charge in [0, 0.05) is 41.4 Å². The highest BCUT2D eigenvalue weighted by Gasteiger charge is 2.20. The van der Waals surface area contributed by atoms with E-state index in [1.807, 2.05) is 37.4 Å². The fourth-order valence-corrected chi connectivity index (χ4v) is 4.84. The lowest BCUT2D eigenvalue weighted by molar-refractivity contribution is 0.248. The molecule has 2 aliphatic rings. The minimum atomic E-state index is -0.159. The Morgan fingerprint density at radius 2 is 2.03 bits per heavy atom. The van der Waals surface area contributed by atoms with E-state index in [1.165, 1.54) is 18.4 Å². The van der Waals surface area contributed by atoms with Crippen LogP contribution in [0, 0.1) is 6.92 Å². The van der Waals surface area contributed by atoms with Crippen molar-refractivity contribution in [2.45, 2.75) is 45.1 Å². The topological polar surface area (TPSA) is 94.2 Å². The van der Waals surface area contributed by atoms with Gasteiger partial charge in [-0.05, 0) is 94.1 Å². The fourth-order valence-electron chi connectivity index (χ4n) is 4.84. The second kappa shape index (κ2) is 10.3. The van der Waals surface area contributed by atoms with Crippen LogP contribution in [0.2, 0.25) is 0 Å². The van der Waals surface area contributed by atoms with Crippen LogP contribution in [0.25, 0.3) is 0 Å². The summed E-state index contributed by atoms with van der Waals surface area (Å²) < 4.78 is 0. The molecule has 0 aliphatic carbocycles. The standard InChI is InChI=1S/C27H33N7O/c1-18-17-29-26-31-21-6-3-5-19(15-21)8-9-20-16-22(30-25(18)33-26)10-11-24(20)32-27(35)28-13-12-23-7-4-14-34(23)2/h3,5-6,10-11,15-17,23H,4,7-9,12-14H2,1-2H3,(H2,28,32,35)(H2,29,30,31,33). The first-order chi connectivity index (χ1) is 17.0. The second-order valence-electron chi connectivity index (χ2n) is 9.49. The van der Waals surface area contributed by atoms with Gasteiger partial charge in [-0.25, -0.2) is 9.78 Å². The molecule has 2 aromatic carbocycles. The number of carbonyl (C=O) groups is 1. The Morgan fingerprint density at radius 1 is 1.14 bits per heavy atom. The van der Waals surface area contributed by atoms with Gasteiger partial charge < -0.3 is 26.2 Å². The summed E-state index contributed by atoms with van der Waals surface area (Å²) in [4.78, 5) is 24.2. The van der Waals surface area contributed by atoms with Crippen LogP contribution in [-0.4, -0.2) is 47.1 Å². The zero-order chi connectivity index (χ0) is 24.2. The van der Waals surface area contributed by atoms with Gasteiger partial charge in [-0.2, -0.15) is 4.98 Å².